The zero-order valence-corrected chi connectivity index (χ0v) is 16.1. The summed E-state index contributed by atoms with van der Waals surface area (Å²) in [6, 6.07) is 15.1. The Morgan fingerprint density at radius 1 is 1.15 bits per heavy atom. The minimum Gasteiger partial charge on any atom is -0.491 e. The summed E-state index contributed by atoms with van der Waals surface area (Å²) in [6.45, 7) is 6.45. The monoisotopic (exact) mass is 372 g/mol. The van der Waals surface area contributed by atoms with Gasteiger partial charge in [0.25, 0.3) is 0 Å². The van der Waals surface area contributed by atoms with Crippen molar-refractivity contribution in [2.75, 3.05) is 18.5 Å². The minimum absolute atomic E-state index is 0.0174. The molecule has 0 fully saturated rings. The van der Waals surface area contributed by atoms with Crippen molar-refractivity contribution in [2.24, 2.45) is 0 Å². The first kappa shape index (κ1) is 19.7. The summed E-state index contributed by atoms with van der Waals surface area (Å²) in [5, 5.41) is 6.78. The van der Waals surface area contributed by atoms with E-state index in [0.717, 1.165) is 17.0 Å². The predicted octanol–water partition coefficient (Wildman–Crippen LogP) is 3.93. The second kappa shape index (κ2) is 9.77. The van der Waals surface area contributed by atoms with Crippen molar-refractivity contribution in [3.63, 3.8) is 0 Å². The molecule has 0 saturated heterocycles. The number of esters is 1. The van der Waals surface area contributed by atoms with Crippen molar-refractivity contribution in [3.05, 3.63) is 59.7 Å². The summed E-state index contributed by atoms with van der Waals surface area (Å²) < 4.78 is 10.8. The highest BCUT2D eigenvalue weighted by atomic mass is 32.1. The van der Waals surface area contributed by atoms with Gasteiger partial charge in [-0.05, 0) is 62.8 Å². The van der Waals surface area contributed by atoms with Crippen LogP contribution in [0.15, 0.2) is 48.5 Å². The molecular weight excluding hydrogens is 348 g/mol. The van der Waals surface area contributed by atoms with E-state index < -0.39 is 0 Å². The van der Waals surface area contributed by atoms with E-state index in [-0.39, 0.29) is 12.0 Å². The number of ether oxygens (including phenoxy) is 2. The van der Waals surface area contributed by atoms with Gasteiger partial charge in [-0.1, -0.05) is 24.3 Å². The van der Waals surface area contributed by atoms with E-state index in [1.54, 1.807) is 19.1 Å². The van der Waals surface area contributed by atoms with E-state index in [2.05, 4.69) is 10.6 Å². The lowest BCUT2D eigenvalue weighted by atomic mass is 10.1. The molecule has 0 unspecified atom stereocenters. The van der Waals surface area contributed by atoms with Gasteiger partial charge < -0.3 is 20.1 Å². The van der Waals surface area contributed by atoms with Crippen LogP contribution < -0.4 is 15.4 Å². The molecule has 0 bridgehead atoms. The average Bonchev–Trinajstić information content (AvgIpc) is 2.62. The van der Waals surface area contributed by atoms with Crippen LogP contribution in [0, 0.1) is 6.92 Å². The molecule has 2 aromatic rings. The van der Waals surface area contributed by atoms with E-state index in [9.17, 15) is 4.79 Å². The first-order valence-electron chi connectivity index (χ1n) is 8.53. The van der Waals surface area contributed by atoms with Gasteiger partial charge in [-0.3, -0.25) is 0 Å². The molecule has 0 aliphatic rings. The van der Waals surface area contributed by atoms with Crippen molar-refractivity contribution >= 4 is 29.0 Å². The van der Waals surface area contributed by atoms with Gasteiger partial charge in [0.15, 0.2) is 5.11 Å². The zero-order valence-electron chi connectivity index (χ0n) is 15.2. The molecule has 2 aromatic carbocycles. The van der Waals surface area contributed by atoms with Crippen molar-refractivity contribution in [1.82, 2.24) is 5.32 Å². The summed E-state index contributed by atoms with van der Waals surface area (Å²) in [6.07, 6.45) is 0. The van der Waals surface area contributed by atoms with Gasteiger partial charge in [-0.15, -0.1) is 0 Å². The van der Waals surface area contributed by atoms with Crippen molar-refractivity contribution in [1.29, 1.82) is 0 Å². The maximum absolute atomic E-state index is 12.0. The molecular formula is C20H24N2O3S. The lowest BCUT2D eigenvalue weighted by molar-refractivity contribution is 0.0525. The lowest BCUT2D eigenvalue weighted by Gasteiger charge is -2.19. The molecule has 0 saturated carbocycles. The summed E-state index contributed by atoms with van der Waals surface area (Å²) in [4.78, 5) is 12.0. The molecule has 6 heteroatoms. The van der Waals surface area contributed by atoms with Crippen molar-refractivity contribution in [2.45, 2.75) is 26.8 Å². The van der Waals surface area contributed by atoms with Crippen LogP contribution in [-0.4, -0.2) is 30.3 Å². The van der Waals surface area contributed by atoms with Crippen LogP contribution in [0.2, 0.25) is 0 Å². The molecule has 2 N–H and O–H groups in total. The molecule has 0 heterocycles. The van der Waals surface area contributed by atoms with Gasteiger partial charge >= 0.3 is 5.97 Å². The van der Waals surface area contributed by atoms with Gasteiger partial charge in [0.1, 0.15) is 12.4 Å². The van der Waals surface area contributed by atoms with Gasteiger partial charge in [-0.2, -0.15) is 0 Å². The Balaban J connectivity index is 1.91. The Kier molecular flexibility index (Phi) is 7.41. The fourth-order valence-corrected chi connectivity index (χ4v) is 2.67. The number of rotatable bonds is 7. The maximum atomic E-state index is 12.0. The Labute approximate surface area is 159 Å². The number of para-hydroxylation sites is 1. The summed E-state index contributed by atoms with van der Waals surface area (Å²) in [7, 11) is 0. The molecule has 0 spiro atoms. The zero-order chi connectivity index (χ0) is 18.9. The molecule has 1 atom stereocenters. The Bertz CT molecular complexity index is 750. The highest BCUT2D eigenvalue weighted by Gasteiger charge is 2.13. The Hall–Kier alpha value is -2.60. The number of benzene rings is 2. The van der Waals surface area contributed by atoms with Crippen LogP contribution >= 0.6 is 12.2 Å². The second-order valence-electron chi connectivity index (χ2n) is 5.82. The third-order valence-electron chi connectivity index (χ3n) is 3.70. The molecule has 0 amide bonds. The normalized spacial score (nSPS) is 11.3. The number of carbonyl (C=O) groups excluding carboxylic acids is 1. The van der Waals surface area contributed by atoms with Crippen LogP contribution in [0.3, 0.4) is 0 Å². The van der Waals surface area contributed by atoms with E-state index >= 15 is 0 Å². The standard InChI is InChI=1S/C20H24N2O3S/c1-4-24-19(23)17-11-8-12-18(15(17)3)22-20(26)21-14(2)13-25-16-9-6-5-7-10-16/h5-12,14H,4,13H2,1-3H3,(H2,21,22,26)/t14-/m0/s1. The first-order chi connectivity index (χ1) is 12.5. The number of carbonyl (C=O) groups is 1. The van der Waals surface area contributed by atoms with E-state index in [1.165, 1.54) is 0 Å². The van der Waals surface area contributed by atoms with Crippen LogP contribution in [0.4, 0.5) is 5.69 Å². The highest BCUT2D eigenvalue weighted by Crippen LogP contribution is 2.20. The van der Waals surface area contributed by atoms with E-state index in [4.69, 9.17) is 21.7 Å². The summed E-state index contributed by atoms with van der Waals surface area (Å²) in [5.74, 6) is 0.482. The molecule has 26 heavy (non-hydrogen) atoms. The minimum atomic E-state index is -0.336. The van der Waals surface area contributed by atoms with Crippen LogP contribution in [0.1, 0.15) is 29.8 Å². The highest BCUT2D eigenvalue weighted by molar-refractivity contribution is 7.80. The number of hydrogen-bond acceptors (Lipinski definition) is 4. The van der Waals surface area contributed by atoms with Gasteiger partial charge in [0.05, 0.1) is 18.2 Å². The Morgan fingerprint density at radius 3 is 2.58 bits per heavy atom. The molecule has 0 radical (unpaired) electrons. The second-order valence-corrected chi connectivity index (χ2v) is 6.23. The SMILES string of the molecule is CCOC(=O)c1cccc(NC(=S)N[C@@H](C)COc2ccccc2)c1C. The summed E-state index contributed by atoms with van der Waals surface area (Å²) in [5.41, 5.74) is 2.09. The van der Waals surface area contributed by atoms with Crippen molar-refractivity contribution in [3.8, 4) is 5.75 Å². The molecule has 2 rings (SSSR count). The maximum Gasteiger partial charge on any atom is 0.338 e. The predicted molar refractivity (Wildman–Crippen MR) is 108 cm³/mol. The molecule has 0 aliphatic heterocycles. The number of thiocarbonyl (C=S) groups is 1. The first-order valence-corrected chi connectivity index (χ1v) is 8.94. The number of anilines is 1. The van der Waals surface area contributed by atoms with E-state index in [0.29, 0.717) is 23.9 Å². The average molecular weight is 372 g/mol. The third-order valence-corrected chi connectivity index (χ3v) is 3.92. The largest absolute Gasteiger partial charge is 0.491 e. The van der Waals surface area contributed by atoms with Gasteiger partial charge in [0, 0.05) is 5.69 Å². The van der Waals surface area contributed by atoms with Crippen LogP contribution in [-0.2, 0) is 4.74 Å². The molecule has 5 nitrogen and oxygen atoms in total. The summed E-state index contributed by atoms with van der Waals surface area (Å²) >= 11 is 5.37. The number of hydrogen-bond donors (Lipinski definition) is 2. The van der Waals surface area contributed by atoms with E-state index in [1.807, 2.05) is 50.2 Å². The Morgan fingerprint density at radius 2 is 1.88 bits per heavy atom. The van der Waals surface area contributed by atoms with Gasteiger partial charge in [0.2, 0.25) is 0 Å². The van der Waals surface area contributed by atoms with Crippen LogP contribution in [0.5, 0.6) is 5.75 Å². The van der Waals surface area contributed by atoms with Crippen molar-refractivity contribution < 1.29 is 14.3 Å². The van der Waals surface area contributed by atoms with Gasteiger partial charge in [-0.25, -0.2) is 4.79 Å². The topological polar surface area (TPSA) is 59.6 Å². The molecule has 0 aliphatic carbocycles. The fraction of sp³-hybridized carbons (Fsp3) is 0.300. The quantitative estimate of drug-likeness (QED) is 0.567. The molecule has 0 aromatic heterocycles. The fourth-order valence-electron chi connectivity index (χ4n) is 2.36. The molecule has 138 valence electrons. The van der Waals surface area contributed by atoms with Crippen LogP contribution in [0.25, 0.3) is 0 Å². The lowest BCUT2D eigenvalue weighted by Crippen LogP contribution is -2.39. The smallest absolute Gasteiger partial charge is 0.338 e. The number of nitrogens with one attached hydrogen (secondary N) is 2. The third kappa shape index (κ3) is 5.74.